The van der Waals surface area contributed by atoms with Crippen molar-refractivity contribution in [3.8, 4) is 5.75 Å². The molecular weight excluding hydrogens is 396 g/mol. The standard InChI is InChI=1S/C17H14Br2O2/c1-2-21-17-13(10-14(18)11-15(17)19)8-9-16(20)12-6-4-3-5-7-12/h3-11H,2H2,1H3/b9-8+. The molecule has 2 rings (SSSR count). The number of rotatable bonds is 5. The van der Waals surface area contributed by atoms with Crippen molar-refractivity contribution in [2.45, 2.75) is 6.92 Å². The van der Waals surface area contributed by atoms with Gasteiger partial charge in [-0.3, -0.25) is 4.79 Å². The van der Waals surface area contributed by atoms with Crippen molar-refractivity contribution in [2.75, 3.05) is 6.61 Å². The predicted octanol–water partition coefficient (Wildman–Crippen LogP) is 5.51. The molecule has 2 aromatic carbocycles. The van der Waals surface area contributed by atoms with Crippen LogP contribution in [0, 0.1) is 0 Å². The summed E-state index contributed by atoms with van der Waals surface area (Å²) < 4.78 is 7.40. The molecule has 0 amide bonds. The number of halogens is 2. The summed E-state index contributed by atoms with van der Waals surface area (Å²) in [7, 11) is 0. The number of ketones is 1. The largest absolute Gasteiger partial charge is 0.492 e. The molecule has 0 spiro atoms. The molecule has 2 aromatic rings. The highest BCUT2D eigenvalue weighted by atomic mass is 79.9. The van der Waals surface area contributed by atoms with Gasteiger partial charge in [-0.2, -0.15) is 0 Å². The molecule has 0 aromatic heterocycles. The van der Waals surface area contributed by atoms with Crippen molar-refractivity contribution in [1.29, 1.82) is 0 Å². The van der Waals surface area contributed by atoms with Gasteiger partial charge >= 0.3 is 0 Å². The first-order chi connectivity index (χ1) is 10.1. The van der Waals surface area contributed by atoms with Crippen LogP contribution in [0.4, 0.5) is 0 Å². The molecule has 0 heterocycles. The Labute approximate surface area is 141 Å². The van der Waals surface area contributed by atoms with Crippen LogP contribution < -0.4 is 4.74 Å². The van der Waals surface area contributed by atoms with Crippen LogP contribution >= 0.6 is 31.9 Å². The molecule has 0 unspecified atom stereocenters. The van der Waals surface area contributed by atoms with Gasteiger partial charge in [0.2, 0.25) is 0 Å². The van der Waals surface area contributed by atoms with E-state index >= 15 is 0 Å². The molecule has 0 radical (unpaired) electrons. The Morgan fingerprint density at radius 1 is 1.19 bits per heavy atom. The van der Waals surface area contributed by atoms with Crippen molar-refractivity contribution in [3.05, 3.63) is 68.6 Å². The Hall–Kier alpha value is -1.39. The van der Waals surface area contributed by atoms with Gasteiger partial charge in [-0.25, -0.2) is 0 Å². The molecule has 2 nitrogen and oxygen atoms in total. The fraction of sp³-hybridized carbons (Fsp3) is 0.118. The molecule has 108 valence electrons. The lowest BCUT2D eigenvalue weighted by Gasteiger charge is -2.10. The van der Waals surface area contributed by atoms with E-state index in [0.717, 1.165) is 20.3 Å². The van der Waals surface area contributed by atoms with Crippen LogP contribution in [-0.4, -0.2) is 12.4 Å². The third-order valence-electron chi connectivity index (χ3n) is 2.80. The molecule has 0 aliphatic heterocycles. The van der Waals surface area contributed by atoms with Crippen LogP contribution in [0.15, 0.2) is 57.5 Å². The summed E-state index contributed by atoms with van der Waals surface area (Å²) in [5, 5.41) is 0. The molecule has 0 N–H and O–H groups in total. The first kappa shape index (κ1) is 16.0. The smallest absolute Gasteiger partial charge is 0.185 e. The summed E-state index contributed by atoms with van der Waals surface area (Å²) in [6.07, 6.45) is 3.34. The van der Waals surface area contributed by atoms with E-state index in [0.29, 0.717) is 12.2 Å². The Morgan fingerprint density at radius 2 is 1.90 bits per heavy atom. The van der Waals surface area contributed by atoms with E-state index in [9.17, 15) is 4.79 Å². The lowest BCUT2D eigenvalue weighted by molar-refractivity contribution is 0.104. The van der Waals surface area contributed by atoms with Crippen LogP contribution in [0.2, 0.25) is 0 Å². The second-order valence-electron chi connectivity index (χ2n) is 4.30. The van der Waals surface area contributed by atoms with Crippen molar-refractivity contribution in [2.24, 2.45) is 0 Å². The molecule has 0 aliphatic rings. The molecule has 0 aliphatic carbocycles. The topological polar surface area (TPSA) is 26.3 Å². The quantitative estimate of drug-likeness (QED) is 0.481. The predicted molar refractivity (Wildman–Crippen MR) is 92.8 cm³/mol. The molecule has 0 saturated heterocycles. The number of hydrogen-bond acceptors (Lipinski definition) is 2. The lowest BCUT2D eigenvalue weighted by atomic mass is 10.1. The first-order valence-corrected chi connectivity index (χ1v) is 8.09. The minimum absolute atomic E-state index is 0.0332. The highest BCUT2D eigenvalue weighted by Crippen LogP contribution is 2.33. The fourth-order valence-electron chi connectivity index (χ4n) is 1.86. The number of carbonyl (C=O) groups is 1. The molecule has 4 heteroatoms. The third kappa shape index (κ3) is 4.29. The van der Waals surface area contributed by atoms with Crippen molar-refractivity contribution >= 4 is 43.7 Å². The molecule has 0 fully saturated rings. The highest BCUT2D eigenvalue weighted by molar-refractivity contribution is 9.11. The van der Waals surface area contributed by atoms with Crippen molar-refractivity contribution < 1.29 is 9.53 Å². The Balaban J connectivity index is 2.30. The maximum absolute atomic E-state index is 12.1. The molecule has 21 heavy (non-hydrogen) atoms. The zero-order chi connectivity index (χ0) is 15.2. The number of hydrogen-bond donors (Lipinski definition) is 0. The Morgan fingerprint density at radius 3 is 2.57 bits per heavy atom. The van der Waals surface area contributed by atoms with Gasteiger partial charge in [-0.1, -0.05) is 46.3 Å². The highest BCUT2D eigenvalue weighted by Gasteiger charge is 2.08. The second kappa shape index (κ2) is 7.57. The van der Waals surface area contributed by atoms with E-state index in [-0.39, 0.29) is 5.78 Å². The number of allylic oxidation sites excluding steroid dienone is 1. The average molecular weight is 410 g/mol. The van der Waals surface area contributed by atoms with E-state index in [1.165, 1.54) is 0 Å². The Kier molecular flexibility index (Phi) is 5.76. The molecule has 0 saturated carbocycles. The zero-order valence-corrected chi connectivity index (χ0v) is 14.6. The van der Waals surface area contributed by atoms with Crippen LogP contribution in [-0.2, 0) is 0 Å². The minimum atomic E-state index is -0.0332. The summed E-state index contributed by atoms with van der Waals surface area (Å²) in [5.41, 5.74) is 1.52. The van der Waals surface area contributed by atoms with Crippen LogP contribution in [0.3, 0.4) is 0 Å². The van der Waals surface area contributed by atoms with Crippen LogP contribution in [0.1, 0.15) is 22.8 Å². The van der Waals surface area contributed by atoms with Gasteiger partial charge in [-0.05, 0) is 47.1 Å². The fourth-order valence-corrected chi connectivity index (χ4v) is 3.24. The SMILES string of the molecule is CCOc1c(Br)cc(Br)cc1/C=C/C(=O)c1ccccc1. The lowest BCUT2D eigenvalue weighted by Crippen LogP contribution is -1.96. The van der Waals surface area contributed by atoms with Gasteiger partial charge in [-0.15, -0.1) is 0 Å². The number of benzene rings is 2. The molecule has 0 bridgehead atoms. The zero-order valence-electron chi connectivity index (χ0n) is 11.5. The van der Waals surface area contributed by atoms with Crippen molar-refractivity contribution in [3.63, 3.8) is 0 Å². The van der Waals surface area contributed by atoms with Gasteiger partial charge in [0.05, 0.1) is 11.1 Å². The number of carbonyl (C=O) groups excluding carboxylic acids is 1. The summed E-state index contributed by atoms with van der Waals surface area (Å²) in [5.74, 6) is 0.701. The maximum Gasteiger partial charge on any atom is 0.185 e. The summed E-state index contributed by atoms with van der Waals surface area (Å²) in [6.45, 7) is 2.49. The Bertz CT molecular complexity index is 664. The average Bonchev–Trinajstić information content (AvgIpc) is 2.48. The summed E-state index contributed by atoms with van der Waals surface area (Å²) in [6, 6.07) is 13.0. The normalized spacial score (nSPS) is 10.8. The summed E-state index contributed by atoms with van der Waals surface area (Å²) >= 11 is 6.92. The van der Waals surface area contributed by atoms with E-state index in [1.807, 2.05) is 37.3 Å². The third-order valence-corrected chi connectivity index (χ3v) is 3.85. The summed E-state index contributed by atoms with van der Waals surface area (Å²) in [4.78, 5) is 12.1. The minimum Gasteiger partial charge on any atom is -0.492 e. The molecular formula is C17H14Br2O2. The first-order valence-electron chi connectivity index (χ1n) is 6.51. The monoisotopic (exact) mass is 408 g/mol. The van der Waals surface area contributed by atoms with Gasteiger partial charge in [0.25, 0.3) is 0 Å². The van der Waals surface area contributed by atoms with E-state index in [1.54, 1.807) is 24.3 Å². The van der Waals surface area contributed by atoms with Crippen LogP contribution in [0.25, 0.3) is 6.08 Å². The van der Waals surface area contributed by atoms with Crippen LogP contribution in [0.5, 0.6) is 5.75 Å². The van der Waals surface area contributed by atoms with E-state index in [4.69, 9.17) is 4.74 Å². The van der Waals surface area contributed by atoms with E-state index in [2.05, 4.69) is 31.9 Å². The number of ether oxygens (including phenoxy) is 1. The second-order valence-corrected chi connectivity index (χ2v) is 6.07. The van der Waals surface area contributed by atoms with E-state index < -0.39 is 0 Å². The molecule has 0 atom stereocenters. The van der Waals surface area contributed by atoms with Gasteiger partial charge in [0.1, 0.15) is 5.75 Å². The van der Waals surface area contributed by atoms with Gasteiger partial charge < -0.3 is 4.74 Å². The maximum atomic E-state index is 12.1. The van der Waals surface area contributed by atoms with Gasteiger partial charge in [0, 0.05) is 15.6 Å². The van der Waals surface area contributed by atoms with Crippen molar-refractivity contribution in [1.82, 2.24) is 0 Å². The van der Waals surface area contributed by atoms with Gasteiger partial charge in [0.15, 0.2) is 5.78 Å².